The number of sulfonamides is 1. The summed E-state index contributed by atoms with van der Waals surface area (Å²) in [6, 6.07) is 14.1. The minimum absolute atomic E-state index is 0.250. The lowest BCUT2D eigenvalue weighted by Gasteiger charge is -2.31. The molecule has 1 amide bonds. The molecule has 0 radical (unpaired) electrons. The first kappa shape index (κ1) is 20.4. The Hall–Kier alpha value is -2.31. The van der Waals surface area contributed by atoms with Crippen molar-refractivity contribution in [3.8, 4) is 0 Å². The van der Waals surface area contributed by atoms with Crippen LogP contribution in [0.3, 0.4) is 0 Å². The van der Waals surface area contributed by atoms with Crippen LogP contribution >= 0.6 is 11.6 Å². The number of benzene rings is 2. The van der Waals surface area contributed by atoms with Gasteiger partial charge in [0.25, 0.3) is 15.9 Å². The molecule has 1 heterocycles. The van der Waals surface area contributed by atoms with Gasteiger partial charge in [0.05, 0.1) is 5.69 Å². The minimum atomic E-state index is -4.02. The second-order valence-electron chi connectivity index (χ2n) is 7.14. The normalized spacial score (nSPS) is 15.5. The summed E-state index contributed by atoms with van der Waals surface area (Å²) < 4.78 is 27.7. The Bertz CT molecular complexity index is 1030. The molecule has 5 nitrogen and oxygen atoms in total. The third-order valence-corrected chi connectivity index (χ3v) is 6.75. The number of amides is 1. The highest BCUT2D eigenvalue weighted by Gasteiger charge is 2.39. The van der Waals surface area contributed by atoms with Gasteiger partial charge in [-0.05, 0) is 36.1 Å². The number of halogens is 1. The number of rotatable bonds is 5. The van der Waals surface area contributed by atoms with Crippen molar-refractivity contribution in [3.63, 3.8) is 0 Å². The van der Waals surface area contributed by atoms with Crippen molar-refractivity contribution in [2.75, 3.05) is 17.9 Å². The highest BCUT2D eigenvalue weighted by atomic mass is 35.5. The third-order valence-electron chi connectivity index (χ3n) is 4.69. The molecule has 148 valence electrons. The van der Waals surface area contributed by atoms with Gasteiger partial charge in [0.15, 0.2) is 4.91 Å². The lowest BCUT2D eigenvalue weighted by Crippen LogP contribution is -2.39. The van der Waals surface area contributed by atoms with E-state index in [4.69, 9.17) is 11.6 Å². The summed E-state index contributed by atoms with van der Waals surface area (Å²) in [7, 11) is -2.57. The van der Waals surface area contributed by atoms with Crippen molar-refractivity contribution in [2.45, 2.75) is 20.3 Å². The van der Waals surface area contributed by atoms with E-state index < -0.39 is 15.9 Å². The van der Waals surface area contributed by atoms with Crippen LogP contribution in [0.25, 0.3) is 5.57 Å². The fourth-order valence-corrected chi connectivity index (χ4v) is 4.83. The molecule has 0 fully saturated rings. The molecule has 0 unspecified atom stereocenters. The Morgan fingerprint density at radius 3 is 2.46 bits per heavy atom. The highest BCUT2D eigenvalue weighted by molar-refractivity contribution is 7.97. The van der Waals surface area contributed by atoms with Gasteiger partial charge in [-0.2, -0.15) is 0 Å². The molecule has 1 N–H and O–H groups in total. The van der Waals surface area contributed by atoms with Gasteiger partial charge in [-0.1, -0.05) is 55.8 Å². The largest absolute Gasteiger partial charge is 0.351 e. The molecule has 28 heavy (non-hydrogen) atoms. The number of fused-ring (bicyclic) bond motifs is 1. The van der Waals surface area contributed by atoms with Crippen LogP contribution in [0.5, 0.6) is 0 Å². The zero-order valence-electron chi connectivity index (χ0n) is 16.1. The molecular formula is C21H23ClN2O3S. The van der Waals surface area contributed by atoms with Crippen molar-refractivity contribution in [2.24, 2.45) is 5.92 Å². The van der Waals surface area contributed by atoms with Crippen LogP contribution in [0.4, 0.5) is 5.69 Å². The molecule has 1 aliphatic rings. The minimum Gasteiger partial charge on any atom is -0.351 e. The quantitative estimate of drug-likeness (QED) is 0.796. The van der Waals surface area contributed by atoms with E-state index in [1.807, 2.05) is 32.0 Å². The maximum absolute atomic E-state index is 13.3. The monoisotopic (exact) mass is 418 g/mol. The van der Waals surface area contributed by atoms with Gasteiger partial charge in [-0.3, -0.25) is 9.10 Å². The van der Waals surface area contributed by atoms with Crippen molar-refractivity contribution in [1.82, 2.24) is 5.32 Å². The highest BCUT2D eigenvalue weighted by Crippen LogP contribution is 2.43. The standard InChI is InChI=1S/C21H23ClN2O3S/c1-14(2)11-12-23-21(25)20-19(15-7-5-4-6-8-15)17-13-16(22)9-10-18(17)24(3)28(20,26)27/h4-10,13-14H,11-12H2,1-3H3,(H,23,25). The summed E-state index contributed by atoms with van der Waals surface area (Å²) in [5, 5.41) is 3.24. The van der Waals surface area contributed by atoms with Crippen LogP contribution in [0.15, 0.2) is 53.4 Å². The summed E-state index contributed by atoms with van der Waals surface area (Å²) in [4.78, 5) is 12.8. The van der Waals surface area contributed by atoms with E-state index in [0.717, 1.165) is 10.7 Å². The van der Waals surface area contributed by atoms with Crippen molar-refractivity contribution in [3.05, 3.63) is 69.6 Å². The molecule has 0 saturated heterocycles. The summed E-state index contributed by atoms with van der Waals surface area (Å²) in [6.07, 6.45) is 0.762. The van der Waals surface area contributed by atoms with E-state index in [1.54, 1.807) is 30.3 Å². The molecule has 0 aromatic heterocycles. The molecule has 7 heteroatoms. The van der Waals surface area contributed by atoms with Crippen LogP contribution in [0, 0.1) is 5.92 Å². The molecule has 1 aliphatic heterocycles. The maximum atomic E-state index is 13.3. The fourth-order valence-electron chi connectivity index (χ4n) is 3.18. The first-order valence-electron chi connectivity index (χ1n) is 9.10. The van der Waals surface area contributed by atoms with Crippen molar-refractivity contribution >= 4 is 38.8 Å². The molecule has 0 aliphatic carbocycles. The fraction of sp³-hybridized carbons (Fsp3) is 0.286. The number of nitrogens with zero attached hydrogens (tertiary/aromatic N) is 1. The Kier molecular flexibility index (Phi) is 5.82. The lowest BCUT2D eigenvalue weighted by atomic mass is 9.95. The SMILES string of the molecule is CC(C)CCNC(=O)C1=C(c2ccccc2)c2cc(Cl)ccc2N(C)S1(=O)=O. The van der Waals surface area contributed by atoms with Gasteiger partial charge in [-0.15, -0.1) is 0 Å². The van der Waals surface area contributed by atoms with Gasteiger partial charge in [0.2, 0.25) is 0 Å². The smallest absolute Gasteiger partial charge is 0.270 e. The Labute approximate surface area is 171 Å². The lowest BCUT2D eigenvalue weighted by molar-refractivity contribution is -0.116. The number of anilines is 1. The van der Waals surface area contributed by atoms with Gasteiger partial charge in [-0.25, -0.2) is 8.42 Å². The van der Waals surface area contributed by atoms with Gasteiger partial charge < -0.3 is 5.32 Å². The van der Waals surface area contributed by atoms with E-state index in [-0.39, 0.29) is 4.91 Å². The zero-order valence-corrected chi connectivity index (χ0v) is 17.6. The van der Waals surface area contributed by atoms with Crippen LogP contribution in [-0.4, -0.2) is 27.9 Å². The van der Waals surface area contributed by atoms with Crippen LogP contribution in [0.1, 0.15) is 31.4 Å². The summed E-state index contributed by atoms with van der Waals surface area (Å²) in [6.45, 7) is 4.50. The van der Waals surface area contributed by atoms with E-state index in [0.29, 0.717) is 39.9 Å². The predicted molar refractivity (Wildman–Crippen MR) is 114 cm³/mol. The molecule has 0 atom stereocenters. The molecule has 0 spiro atoms. The van der Waals surface area contributed by atoms with Crippen LogP contribution in [0.2, 0.25) is 5.02 Å². The molecule has 2 aromatic carbocycles. The second-order valence-corrected chi connectivity index (χ2v) is 9.49. The number of nitrogens with one attached hydrogen (secondary N) is 1. The number of hydrogen-bond acceptors (Lipinski definition) is 3. The zero-order chi connectivity index (χ0) is 20.5. The van der Waals surface area contributed by atoms with E-state index in [9.17, 15) is 13.2 Å². The molecule has 0 bridgehead atoms. The number of carbonyl (C=O) groups is 1. The maximum Gasteiger partial charge on any atom is 0.270 e. The van der Waals surface area contributed by atoms with E-state index in [1.165, 1.54) is 7.05 Å². The molecule has 0 saturated carbocycles. The van der Waals surface area contributed by atoms with Gasteiger partial charge in [0.1, 0.15) is 0 Å². The first-order chi connectivity index (χ1) is 13.2. The Balaban J connectivity index is 2.25. The average Bonchev–Trinajstić information content (AvgIpc) is 2.64. The van der Waals surface area contributed by atoms with Crippen molar-refractivity contribution in [1.29, 1.82) is 0 Å². The van der Waals surface area contributed by atoms with Gasteiger partial charge >= 0.3 is 0 Å². The summed E-state index contributed by atoms with van der Waals surface area (Å²) in [5.74, 6) is -0.204. The summed E-state index contributed by atoms with van der Waals surface area (Å²) in [5.41, 5.74) is 2.13. The topological polar surface area (TPSA) is 66.5 Å². The molecule has 3 rings (SSSR count). The van der Waals surface area contributed by atoms with Crippen molar-refractivity contribution < 1.29 is 13.2 Å². The van der Waals surface area contributed by atoms with Gasteiger partial charge in [0, 0.05) is 29.8 Å². The second kappa shape index (κ2) is 7.97. The Morgan fingerprint density at radius 2 is 1.82 bits per heavy atom. The Morgan fingerprint density at radius 1 is 1.14 bits per heavy atom. The third kappa shape index (κ3) is 3.80. The molecular weight excluding hydrogens is 396 g/mol. The predicted octanol–water partition coefficient (Wildman–Crippen LogP) is 4.04. The van der Waals surface area contributed by atoms with Crippen LogP contribution in [-0.2, 0) is 14.8 Å². The number of hydrogen-bond donors (Lipinski definition) is 1. The van der Waals surface area contributed by atoms with E-state index >= 15 is 0 Å². The number of carbonyl (C=O) groups excluding carboxylic acids is 1. The first-order valence-corrected chi connectivity index (χ1v) is 10.9. The average molecular weight is 419 g/mol. The van der Waals surface area contributed by atoms with E-state index in [2.05, 4.69) is 5.32 Å². The summed E-state index contributed by atoms with van der Waals surface area (Å²) >= 11 is 6.20. The molecule has 2 aromatic rings. The van der Waals surface area contributed by atoms with Crippen LogP contribution < -0.4 is 9.62 Å².